The molecule has 2 aliphatic rings. The van der Waals surface area contributed by atoms with Crippen molar-refractivity contribution in [2.75, 3.05) is 26.3 Å². The SMILES string of the molecule is CC(C)(C)OC(=O)N(CCO[Si](C)(C)C(C)(C)C)[C@H]1CCc2c(/C(N)=N\O)cccc21.CC(C)Oc1ccc(C(=O)O)cc1C#N.[C-]#[N+]c1cc(-c2nc(-c3cccc4c3CC[C@@H]4N(CCO[Si](C)(C)C(C)(C)C)C(=O)OC(C)(C)C)no2)ccc1OC(C)C. The van der Waals surface area contributed by atoms with Gasteiger partial charge in [0, 0.05) is 29.8 Å². The van der Waals surface area contributed by atoms with Crippen LogP contribution in [0.4, 0.5) is 15.3 Å². The average molecular weight is 1270 g/mol. The van der Waals surface area contributed by atoms with E-state index in [2.05, 4.69) is 89.0 Å². The summed E-state index contributed by atoms with van der Waals surface area (Å²) in [6.07, 6.45) is 2.22. The van der Waals surface area contributed by atoms with Gasteiger partial charge in [-0.05, 0) is 190 Å². The molecule has 4 N–H and O–H groups in total. The van der Waals surface area contributed by atoms with Gasteiger partial charge in [-0.2, -0.15) is 10.2 Å². The number of nitriles is 1. The molecule has 0 saturated carbocycles. The number of carbonyl (C=O) groups is 3. The van der Waals surface area contributed by atoms with Gasteiger partial charge in [0.15, 0.2) is 22.5 Å². The van der Waals surface area contributed by atoms with Gasteiger partial charge in [-0.1, -0.05) is 88.3 Å². The number of carboxylic acids is 1. The monoisotopic (exact) mass is 1270 g/mol. The summed E-state index contributed by atoms with van der Waals surface area (Å²) in [5.41, 5.74) is 11.8. The first kappa shape index (κ1) is 73.0. The molecule has 0 saturated heterocycles. The number of carbonyl (C=O) groups excluding carboxylic acids is 2. The molecule has 0 fully saturated rings. The molecule has 0 aliphatic heterocycles. The number of rotatable bonds is 18. The highest BCUT2D eigenvalue weighted by Gasteiger charge is 2.41. The fourth-order valence-electron chi connectivity index (χ4n) is 9.69. The van der Waals surface area contributed by atoms with E-state index in [1.54, 1.807) is 17.0 Å². The number of hydrogen-bond donors (Lipinski definition) is 3. The minimum Gasteiger partial charge on any atom is -0.502 e. The predicted molar refractivity (Wildman–Crippen MR) is 354 cm³/mol. The van der Waals surface area contributed by atoms with Gasteiger partial charge in [0.05, 0.1) is 55.2 Å². The molecule has 4 aromatic carbocycles. The van der Waals surface area contributed by atoms with Crippen LogP contribution in [0.2, 0.25) is 36.3 Å². The molecule has 22 heteroatoms. The maximum Gasteiger partial charge on any atom is 0.410 e. The molecular weight excluding hydrogens is 1180 g/mol. The van der Waals surface area contributed by atoms with Crippen molar-refractivity contribution in [1.82, 2.24) is 19.9 Å². The third-order valence-corrected chi connectivity index (χ3v) is 25.2. The zero-order valence-corrected chi connectivity index (χ0v) is 58.6. The molecular formula is C68H96N8O12Si2. The van der Waals surface area contributed by atoms with Crippen LogP contribution in [0.1, 0.15) is 179 Å². The molecule has 0 unspecified atom stereocenters. The molecule has 7 rings (SSSR count). The lowest BCUT2D eigenvalue weighted by atomic mass is 10.0. The summed E-state index contributed by atoms with van der Waals surface area (Å²) in [5.74, 6) is 0.762. The van der Waals surface area contributed by atoms with Crippen LogP contribution < -0.4 is 15.2 Å². The first-order valence-corrected chi connectivity index (χ1v) is 36.5. The van der Waals surface area contributed by atoms with Crippen LogP contribution >= 0.6 is 0 Å². The van der Waals surface area contributed by atoms with Crippen LogP contribution in [-0.4, -0.2) is 121 Å². The van der Waals surface area contributed by atoms with Crippen molar-refractivity contribution in [3.05, 3.63) is 123 Å². The number of nitrogens with two attached hydrogens (primary N) is 1. The summed E-state index contributed by atoms with van der Waals surface area (Å²) in [6, 6.07) is 22.9. The third kappa shape index (κ3) is 19.4. The second-order valence-corrected chi connectivity index (χ2v) is 37.7. The second kappa shape index (κ2) is 29.9. The molecule has 2 amide bonds. The summed E-state index contributed by atoms with van der Waals surface area (Å²) in [5, 5.41) is 34.3. The number of amides is 2. The number of oxime groups is 1. The van der Waals surface area contributed by atoms with E-state index in [0.29, 0.717) is 66.3 Å². The molecule has 0 bridgehead atoms. The van der Waals surface area contributed by atoms with Gasteiger partial charge in [0.1, 0.15) is 28.8 Å². The fourth-order valence-corrected chi connectivity index (χ4v) is 11.8. The van der Waals surface area contributed by atoms with E-state index in [9.17, 15) is 14.4 Å². The van der Waals surface area contributed by atoms with Crippen molar-refractivity contribution in [3.8, 4) is 40.4 Å². The fraction of sp³-hybridized carbons (Fsp3) is 0.529. The number of aromatic carboxylic acids is 1. The normalized spacial score (nSPS) is 15.0. The highest BCUT2D eigenvalue weighted by atomic mass is 28.4. The van der Waals surface area contributed by atoms with Gasteiger partial charge in [0.25, 0.3) is 5.89 Å². The maximum atomic E-state index is 13.5. The first-order valence-electron chi connectivity index (χ1n) is 30.7. The topological polar surface area (TPSA) is 259 Å². The van der Waals surface area contributed by atoms with Gasteiger partial charge in [-0.3, -0.25) is 9.80 Å². The zero-order chi connectivity index (χ0) is 67.5. The Morgan fingerprint density at radius 3 is 1.70 bits per heavy atom. The standard InChI is InChI=1S/C34H46N4O5Si.C23H39N3O4Si.C11H11NO3/c1-22(2)41-29-18-15-23(21-27(29)35-9)31-36-30(37-43-31)26-14-12-13-25-24(26)16-17-28(25)38(32(39)42-33(3,4)5)19-20-40-44(10,11)34(6,7)8;1-22(2,3)30-21(27)26(14-15-29-31(7,8)23(4,5)6)19-13-12-16-17(19)10-9-11-18(16)20(24)25-28;1-7(2)15-10-4-3-8(11(13)14)5-9(10)6-12/h12-15,18,21-22,28H,16-17,19-20H2,1-8,10-11H3;9-11,19,28H,12-15H2,1-8H3,(H2,24,25);3-5,7H,1-2H3,(H,13,14)/t28-;19-;/m00./s1. The Labute approximate surface area is 535 Å². The quantitative estimate of drug-likeness (QED) is 0.0184. The van der Waals surface area contributed by atoms with E-state index >= 15 is 0 Å². The Hall–Kier alpha value is -7.77. The Kier molecular flexibility index (Phi) is 24.2. The Bertz CT molecular complexity index is 3430. The highest BCUT2D eigenvalue weighted by molar-refractivity contribution is 6.74. The van der Waals surface area contributed by atoms with Gasteiger partial charge in [-0.15, -0.1) is 0 Å². The third-order valence-electron chi connectivity index (χ3n) is 16.1. The van der Waals surface area contributed by atoms with Crippen molar-refractivity contribution in [3.63, 3.8) is 0 Å². The Morgan fingerprint density at radius 2 is 1.23 bits per heavy atom. The zero-order valence-electron chi connectivity index (χ0n) is 56.6. The van der Waals surface area contributed by atoms with Gasteiger partial charge >= 0.3 is 18.2 Å². The van der Waals surface area contributed by atoms with Gasteiger partial charge in [0.2, 0.25) is 11.5 Å². The molecule has 488 valence electrons. The summed E-state index contributed by atoms with van der Waals surface area (Å²) < 4.78 is 41.2. The van der Waals surface area contributed by atoms with Crippen molar-refractivity contribution < 1.29 is 57.0 Å². The van der Waals surface area contributed by atoms with Crippen molar-refractivity contribution in [2.24, 2.45) is 10.9 Å². The van der Waals surface area contributed by atoms with Crippen molar-refractivity contribution in [1.29, 1.82) is 5.26 Å². The predicted octanol–water partition coefficient (Wildman–Crippen LogP) is 16.1. The average Bonchev–Trinajstić information content (AvgIpc) is 1.74. The number of benzene rings is 4. The number of nitrogens with zero attached hydrogens (tertiary/aromatic N) is 7. The minimum atomic E-state index is -1.99. The van der Waals surface area contributed by atoms with Gasteiger partial charge in [-0.25, -0.2) is 19.2 Å². The van der Waals surface area contributed by atoms with E-state index in [4.69, 9.17) is 65.2 Å². The van der Waals surface area contributed by atoms with Crippen LogP contribution in [0.25, 0.3) is 27.7 Å². The molecule has 1 aromatic heterocycles. The van der Waals surface area contributed by atoms with E-state index in [0.717, 1.165) is 53.5 Å². The Morgan fingerprint density at radius 1 is 0.744 bits per heavy atom. The van der Waals surface area contributed by atoms with Crippen LogP contribution in [0.15, 0.2) is 82.5 Å². The van der Waals surface area contributed by atoms with Gasteiger partial charge < -0.3 is 48.4 Å². The summed E-state index contributed by atoms with van der Waals surface area (Å²) >= 11 is 0. The lowest BCUT2D eigenvalue weighted by Crippen LogP contribution is -2.45. The molecule has 2 atom stereocenters. The molecule has 20 nitrogen and oxygen atoms in total. The maximum absolute atomic E-state index is 13.5. The molecule has 90 heavy (non-hydrogen) atoms. The number of carboxylic acid groups (broad SMARTS) is 1. The summed E-state index contributed by atoms with van der Waals surface area (Å²) in [7, 11) is -3.92. The number of amidine groups is 1. The van der Waals surface area contributed by atoms with Crippen LogP contribution in [0.5, 0.6) is 11.5 Å². The highest BCUT2D eigenvalue weighted by Crippen LogP contribution is 2.44. The number of fused-ring (bicyclic) bond motifs is 2. The molecule has 0 spiro atoms. The minimum absolute atomic E-state index is 0.0451. The first-order chi connectivity index (χ1) is 41.7. The van der Waals surface area contributed by atoms with Crippen molar-refractivity contribution >= 4 is 46.3 Å². The molecule has 2 aliphatic carbocycles. The molecule has 5 aromatic rings. The van der Waals surface area contributed by atoms with E-state index in [-0.39, 0.29) is 63.5 Å². The van der Waals surface area contributed by atoms with Crippen LogP contribution in [0, 0.1) is 17.9 Å². The lowest BCUT2D eigenvalue weighted by Gasteiger charge is -2.38. The number of hydrogen-bond acceptors (Lipinski definition) is 15. The second-order valence-electron chi connectivity index (χ2n) is 28.1. The lowest BCUT2D eigenvalue weighted by molar-refractivity contribution is 0.0116. The smallest absolute Gasteiger partial charge is 0.410 e. The number of ether oxygens (including phenoxy) is 4. The summed E-state index contributed by atoms with van der Waals surface area (Å²) in [6.45, 7) is 50.2. The van der Waals surface area contributed by atoms with Crippen molar-refractivity contribution in [2.45, 2.75) is 208 Å². The largest absolute Gasteiger partial charge is 0.502 e. The van der Waals surface area contributed by atoms with E-state index in [1.807, 2.05) is 117 Å². The molecule has 0 radical (unpaired) electrons. The van der Waals surface area contributed by atoms with E-state index in [1.165, 1.54) is 18.2 Å². The van der Waals surface area contributed by atoms with Crippen LogP contribution in [-0.2, 0) is 31.2 Å². The summed E-state index contributed by atoms with van der Waals surface area (Å²) in [4.78, 5) is 49.3. The molecule has 1 heterocycles. The van der Waals surface area contributed by atoms with Crippen LogP contribution in [0.3, 0.4) is 0 Å². The van der Waals surface area contributed by atoms with E-state index < -0.39 is 33.8 Å². The number of aromatic nitrogens is 2. The Balaban J connectivity index is 0.000000276.